The number of nitrogens with zero attached hydrogens (tertiary/aromatic N) is 1. The van der Waals surface area contributed by atoms with Crippen LogP contribution in [-0.4, -0.2) is 29.0 Å². The molecule has 0 bridgehead atoms. The number of para-hydroxylation sites is 1. The molecule has 1 saturated heterocycles. The zero-order valence-corrected chi connectivity index (χ0v) is 10.3. The molecular weight excluding hydrogens is 226 g/mol. The number of piperidine rings is 1. The normalized spacial score (nSPS) is 16.9. The Bertz CT molecular complexity index is 555. The van der Waals surface area contributed by atoms with Gasteiger partial charge in [-0.3, -0.25) is 10.2 Å². The molecule has 18 heavy (non-hydrogen) atoms. The van der Waals surface area contributed by atoms with E-state index < -0.39 is 0 Å². The second kappa shape index (κ2) is 4.82. The molecule has 0 radical (unpaired) electrons. The summed E-state index contributed by atoms with van der Waals surface area (Å²) in [6.45, 7) is 1.90. The summed E-state index contributed by atoms with van der Waals surface area (Å²) in [4.78, 5) is 15.3. The Morgan fingerprint density at radius 1 is 1.17 bits per heavy atom. The monoisotopic (exact) mass is 243 g/mol. The largest absolute Gasteiger partial charge is 0.360 e. The SMILES string of the molecule is O=C(NN1CCCCC1)c1c[nH]c2ccccc12. The Morgan fingerprint density at radius 2 is 1.94 bits per heavy atom. The van der Waals surface area contributed by atoms with Crippen LogP contribution in [0.25, 0.3) is 10.9 Å². The maximum atomic E-state index is 12.2. The van der Waals surface area contributed by atoms with Crippen molar-refractivity contribution < 1.29 is 4.79 Å². The van der Waals surface area contributed by atoms with Crippen molar-refractivity contribution >= 4 is 16.8 Å². The van der Waals surface area contributed by atoms with Crippen LogP contribution in [0.15, 0.2) is 30.5 Å². The van der Waals surface area contributed by atoms with Crippen molar-refractivity contribution in [3.63, 3.8) is 0 Å². The fourth-order valence-corrected chi connectivity index (χ4v) is 2.47. The molecule has 1 aromatic carbocycles. The van der Waals surface area contributed by atoms with Gasteiger partial charge in [0, 0.05) is 30.2 Å². The molecule has 0 spiro atoms. The van der Waals surface area contributed by atoms with Gasteiger partial charge in [0.25, 0.3) is 5.91 Å². The molecule has 0 unspecified atom stereocenters. The van der Waals surface area contributed by atoms with Crippen molar-refractivity contribution in [1.82, 2.24) is 15.4 Å². The fourth-order valence-electron chi connectivity index (χ4n) is 2.47. The van der Waals surface area contributed by atoms with Crippen LogP contribution in [0.2, 0.25) is 0 Å². The van der Waals surface area contributed by atoms with Gasteiger partial charge in [0.2, 0.25) is 0 Å². The minimum absolute atomic E-state index is 0.0191. The number of carbonyl (C=O) groups is 1. The number of fused-ring (bicyclic) bond motifs is 1. The van der Waals surface area contributed by atoms with E-state index in [1.54, 1.807) is 6.20 Å². The zero-order chi connectivity index (χ0) is 12.4. The number of H-pyrrole nitrogens is 1. The smallest absolute Gasteiger partial charge is 0.267 e. The minimum atomic E-state index is -0.0191. The van der Waals surface area contributed by atoms with E-state index in [2.05, 4.69) is 10.4 Å². The third kappa shape index (κ3) is 2.11. The van der Waals surface area contributed by atoms with E-state index in [0.29, 0.717) is 0 Å². The van der Waals surface area contributed by atoms with Crippen molar-refractivity contribution in [2.24, 2.45) is 0 Å². The number of hydrazine groups is 1. The van der Waals surface area contributed by atoms with E-state index in [1.807, 2.05) is 29.3 Å². The number of aromatic amines is 1. The van der Waals surface area contributed by atoms with E-state index in [0.717, 1.165) is 42.4 Å². The summed E-state index contributed by atoms with van der Waals surface area (Å²) in [5, 5.41) is 3.00. The Morgan fingerprint density at radius 3 is 2.78 bits per heavy atom. The number of amides is 1. The fraction of sp³-hybridized carbons (Fsp3) is 0.357. The summed E-state index contributed by atoms with van der Waals surface area (Å²) in [6.07, 6.45) is 5.37. The van der Waals surface area contributed by atoms with E-state index in [1.165, 1.54) is 6.42 Å². The summed E-state index contributed by atoms with van der Waals surface area (Å²) in [7, 11) is 0. The standard InChI is InChI=1S/C14H17N3O/c18-14(16-17-8-4-1-5-9-17)12-10-15-13-7-3-2-6-11(12)13/h2-3,6-7,10,15H,1,4-5,8-9H2,(H,16,18). The third-order valence-corrected chi connectivity index (χ3v) is 3.45. The summed E-state index contributed by atoms with van der Waals surface area (Å²) in [5.41, 5.74) is 4.71. The minimum Gasteiger partial charge on any atom is -0.360 e. The van der Waals surface area contributed by atoms with Crippen molar-refractivity contribution in [2.75, 3.05) is 13.1 Å². The van der Waals surface area contributed by atoms with Gasteiger partial charge in [-0.2, -0.15) is 0 Å². The summed E-state index contributed by atoms with van der Waals surface area (Å²) < 4.78 is 0. The molecule has 1 fully saturated rings. The zero-order valence-electron chi connectivity index (χ0n) is 10.3. The van der Waals surface area contributed by atoms with Crippen LogP contribution in [0, 0.1) is 0 Å². The van der Waals surface area contributed by atoms with Gasteiger partial charge in [0.1, 0.15) is 0 Å². The van der Waals surface area contributed by atoms with Crippen LogP contribution in [0.5, 0.6) is 0 Å². The van der Waals surface area contributed by atoms with Gasteiger partial charge in [-0.25, -0.2) is 5.01 Å². The lowest BCUT2D eigenvalue weighted by molar-refractivity contribution is 0.0752. The van der Waals surface area contributed by atoms with E-state index in [-0.39, 0.29) is 5.91 Å². The highest BCUT2D eigenvalue weighted by Crippen LogP contribution is 2.17. The summed E-state index contributed by atoms with van der Waals surface area (Å²) in [5.74, 6) is -0.0191. The van der Waals surface area contributed by atoms with Crippen LogP contribution in [-0.2, 0) is 0 Å². The average molecular weight is 243 g/mol. The molecule has 0 atom stereocenters. The highest BCUT2D eigenvalue weighted by Gasteiger charge is 2.16. The summed E-state index contributed by atoms with van der Waals surface area (Å²) in [6, 6.07) is 7.86. The number of carbonyl (C=O) groups excluding carboxylic acids is 1. The first-order valence-corrected chi connectivity index (χ1v) is 6.46. The topological polar surface area (TPSA) is 48.1 Å². The highest BCUT2D eigenvalue weighted by atomic mass is 16.2. The first-order chi connectivity index (χ1) is 8.84. The van der Waals surface area contributed by atoms with Gasteiger partial charge >= 0.3 is 0 Å². The molecule has 2 N–H and O–H groups in total. The lowest BCUT2D eigenvalue weighted by atomic mass is 10.1. The Labute approximate surface area is 106 Å². The predicted octanol–water partition coefficient (Wildman–Crippen LogP) is 2.30. The number of hydrogen-bond donors (Lipinski definition) is 2. The maximum absolute atomic E-state index is 12.2. The number of nitrogens with one attached hydrogen (secondary N) is 2. The molecule has 94 valence electrons. The third-order valence-electron chi connectivity index (χ3n) is 3.45. The maximum Gasteiger partial charge on any atom is 0.267 e. The molecule has 1 aliphatic heterocycles. The van der Waals surface area contributed by atoms with Gasteiger partial charge in [-0.15, -0.1) is 0 Å². The lowest BCUT2D eigenvalue weighted by Gasteiger charge is -2.26. The number of aromatic nitrogens is 1. The molecule has 3 rings (SSSR count). The van der Waals surface area contributed by atoms with Gasteiger partial charge in [0.15, 0.2) is 0 Å². The Balaban J connectivity index is 1.79. The second-order valence-electron chi connectivity index (χ2n) is 4.74. The second-order valence-corrected chi connectivity index (χ2v) is 4.74. The van der Waals surface area contributed by atoms with E-state index >= 15 is 0 Å². The Kier molecular flexibility index (Phi) is 3.02. The summed E-state index contributed by atoms with van der Waals surface area (Å²) >= 11 is 0. The first-order valence-electron chi connectivity index (χ1n) is 6.46. The highest BCUT2D eigenvalue weighted by molar-refractivity contribution is 6.06. The van der Waals surface area contributed by atoms with E-state index in [4.69, 9.17) is 0 Å². The van der Waals surface area contributed by atoms with Crippen molar-refractivity contribution in [3.8, 4) is 0 Å². The molecule has 2 aromatic rings. The molecule has 2 heterocycles. The quantitative estimate of drug-likeness (QED) is 0.850. The van der Waals surface area contributed by atoms with Crippen LogP contribution < -0.4 is 5.43 Å². The van der Waals surface area contributed by atoms with Crippen molar-refractivity contribution in [1.29, 1.82) is 0 Å². The first kappa shape index (κ1) is 11.3. The lowest BCUT2D eigenvalue weighted by Crippen LogP contribution is -2.44. The van der Waals surface area contributed by atoms with Crippen LogP contribution in [0.1, 0.15) is 29.6 Å². The van der Waals surface area contributed by atoms with Crippen molar-refractivity contribution in [2.45, 2.75) is 19.3 Å². The molecule has 0 saturated carbocycles. The van der Waals surface area contributed by atoms with E-state index in [9.17, 15) is 4.79 Å². The number of rotatable bonds is 2. The average Bonchev–Trinajstić information content (AvgIpc) is 2.84. The molecule has 1 amide bonds. The molecule has 4 nitrogen and oxygen atoms in total. The molecular formula is C14H17N3O. The van der Waals surface area contributed by atoms with Crippen LogP contribution in [0.3, 0.4) is 0 Å². The molecule has 1 aliphatic rings. The van der Waals surface area contributed by atoms with Gasteiger partial charge in [-0.05, 0) is 18.9 Å². The predicted molar refractivity (Wildman–Crippen MR) is 71.2 cm³/mol. The van der Waals surface area contributed by atoms with Crippen LogP contribution in [0.4, 0.5) is 0 Å². The number of hydrogen-bond acceptors (Lipinski definition) is 2. The number of benzene rings is 1. The van der Waals surface area contributed by atoms with Gasteiger partial charge in [0.05, 0.1) is 5.56 Å². The molecule has 0 aliphatic carbocycles. The molecule has 4 heteroatoms. The Hall–Kier alpha value is -1.81. The van der Waals surface area contributed by atoms with Crippen LogP contribution >= 0.6 is 0 Å². The molecule has 1 aromatic heterocycles. The van der Waals surface area contributed by atoms with Gasteiger partial charge < -0.3 is 4.98 Å². The van der Waals surface area contributed by atoms with Crippen molar-refractivity contribution in [3.05, 3.63) is 36.0 Å². The van der Waals surface area contributed by atoms with Gasteiger partial charge in [-0.1, -0.05) is 24.6 Å².